The molecule has 0 N–H and O–H groups in total. The maximum Gasteiger partial charge on any atom is 0.698 e. The molecular formula is C48H98O3P+. The molecule has 52 heavy (non-hydrogen) atoms. The first kappa shape index (κ1) is 52.0. The molecule has 0 fully saturated rings. The number of unbranched alkanes of at least 4 members (excludes halogenated alkanes) is 12. The largest absolute Gasteiger partial charge is 0.698 e. The molecule has 0 saturated carbocycles. The average Bonchev–Trinajstić information content (AvgIpc) is 3.14. The highest BCUT2D eigenvalue weighted by molar-refractivity contribution is 7.33. The molecule has 0 spiro atoms. The second kappa shape index (κ2) is 34.3. The van der Waals surface area contributed by atoms with Crippen molar-refractivity contribution in [2.45, 2.75) is 286 Å². The number of rotatable bonds is 40. The molecular weight excluding hydrogens is 655 g/mol. The van der Waals surface area contributed by atoms with Gasteiger partial charge >= 0.3 is 8.25 Å². The lowest BCUT2D eigenvalue weighted by Gasteiger charge is -2.37. The predicted octanol–water partition coefficient (Wildman–Crippen LogP) is 18.3. The van der Waals surface area contributed by atoms with Gasteiger partial charge < -0.3 is 0 Å². The first-order valence-electron chi connectivity index (χ1n) is 24.0. The van der Waals surface area contributed by atoms with Crippen LogP contribution in [-0.2, 0) is 13.6 Å². The third-order valence-electron chi connectivity index (χ3n) is 12.8. The van der Waals surface area contributed by atoms with Crippen LogP contribution in [0, 0.1) is 23.7 Å². The molecule has 0 aliphatic carbocycles. The van der Waals surface area contributed by atoms with Gasteiger partial charge in [-0.05, 0) is 62.2 Å². The van der Waals surface area contributed by atoms with Crippen molar-refractivity contribution in [3.63, 3.8) is 0 Å². The van der Waals surface area contributed by atoms with Gasteiger partial charge in [0.25, 0.3) is 0 Å². The fourth-order valence-electron chi connectivity index (χ4n) is 9.13. The summed E-state index contributed by atoms with van der Waals surface area (Å²) in [5.41, 5.74) is -0.734. The normalized spacial score (nSPS) is 17.0. The Hall–Kier alpha value is 0.0200. The molecule has 0 aliphatic rings. The highest BCUT2D eigenvalue weighted by Gasteiger charge is 2.49. The summed E-state index contributed by atoms with van der Waals surface area (Å²) >= 11 is 0. The van der Waals surface area contributed by atoms with Gasteiger partial charge in [0.2, 0.25) is 0 Å². The van der Waals surface area contributed by atoms with Crippen LogP contribution in [0.4, 0.5) is 0 Å². The monoisotopic (exact) mass is 754 g/mol. The topological polar surface area (TPSA) is 35.5 Å². The lowest BCUT2D eigenvalue weighted by atomic mass is 9.76. The van der Waals surface area contributed by atoms with Crippen molar-refractivity contribution in [3.05, 3.63) is 0 Å². The molecule has 0 rings (SSSR count). The molecule has 312 valence electrons. The molecule has 4 atom stereocenters. The highest BCUT2D eigenvalue weighted by Crippen LogP contribution is 2.50. The minimum atomic E-state index is -2.26. The Kier molecular flexibility index (Phi) is 34.3. The molecule has 4 heteroatoms. The van der Waals surface area contributed by atoms with Crippen LogP contribution in [0.5, 0.6) is 0 Å². The van der Waals surface area contributed by atoms with E-state index in [0.717, 1.165) is 38.5 Å². The molecule has 4 unspecified atom stereocenters. The van der Waals surface area contributed by atoms with E-state index in [-0.39, 0.29) is 11.2 Å². The van der Waals surface area contributed by atoms with Crippen molar-refractivity contribution < 1.29 is 13.6 Å². The standard InChI is InChI=1S/C48H98O3P/c1-11-21-27-29-31-37-47(39-43(17-7)33-23-13-3,40-44(18-8)34-24-14-4)50-52(49)51-48(38-32-30-28-22-12-2,41-45(19-9)35-25-15-5)42-46(20-10)36-26-16-6/h43-46H,11-42H2,1-10H3/q+1. The summed E-state index contributed by atoms with van der Waals surface area (Å²) in [6, 6.07) is 0. The Labute approximate surface area is 330 Å². The van der Waals surface area contributed by atoms with Crippen LogP contribution in [0.25, 0.3) is 0 Å². The van der Waals surface area contributed by atoms with Gasteiger partial charge in [-0.2, -0.15) is 0 Å². The molecule has 0 radical (unpaired) electrons. The zero-order chi connectivity index (χ0) is 38.9. The molecule has 0 aromatic rings. The molecule has 0 aromatic heterocycles. The van der Waals surface area contributed by atoms with E-state index >= 15 is 0 Å². The van der Waals surface area contributed by atoms with Gasteiger partial charge in [0.15, 0.2) is 0 Å². The van der Waals surface area contributed by atoms with Crippen molar-refractivity contribution in [1.29, 1.82) is 0 Å². The maximum absolute atomic E-state index is 15.0. The summed E-state index contributed by atoms with van der Waals surface area (Å²) in [7, 11) is -2.26. The molecule has 0 bridgehead atoms. The van der Waals surface area contributed by atoms with Crippen LogP contribution >= 0.6 is 8.25 Å². The van der Waals surface area contributed by atoms with Crippen LogP contribution in [0.2, 0.25) is 0 Å². The summed E-state index contributed by atoms with van der Waals surface area (Å²) in [4.78, 5) is 0. The molecule has 0 heterocycles. The van der Waals surface area contributed by atoms with E-state index in [0.29, 0.717) is 23.7 Å². The van der Waals surface area contributed by atoms with Gasteiger partial charge in [0.05, 0.1) is 0 Å². The van der Waals surface area contributed by atoms with E-state index in [1.54, 1.807) is 0 Å². The van der Waals surface area contributed by atoms with E-state index in [9.17, 15) is 4.57 Å². The zero-order valence-corrected chi connectivity index (χ0v) is 38.5. The number of hydrogen-bond acceptors (Lipinski definition) is 3. The molecule has 0 amide bonds. The van der Waals surface area contributed by atoms with Crippen molar-refractivity contribution in [2.75, 3.05) is 0 Å². The Bertz CT molecular complexity index is 686. The van der Waals surface area contributed by atoms with Crippen LogP contribution in [-0.4, -0.2) is 11.2 Å². The predicted molar refractivity (Wildman–Crippen MR) is 234 cm³/mol. The van der Waals surface area contributed by atoms with Crippen LogP contribution in [0.15, 0.2) is 0 Å². The van der Waals surface area contributed by atoms with Crippen LogP contribution < -0.4 is 0 Å². The van der Waals surface area contributed by atoms with Gasteiger partial charge in [0, 0.05) is 4.57 Å². The summed E-state index contributed by atoms with van der Waals surface area (Å²) in [5, 5.41) is 0. The zero-order valence-electron chi connectivity index (χ0n) is 37.6. The summed E-state index contributed by atoms with van der Waals surface area (Å²) in [6.45, 7) is 23.4. The lowest BCUT2D eigenvalue weighted by Crippen LogP contribution is -2.39. The van der Waals surface area contributed by atoms with Gasteiger partial charge in [0.1, 0.15) is 11.2 Å². The van der Waals surface area contributed by atoms with E-state index < -0.39 is 8.25 Å². The second-order valence-corrected chi connectivity index (χ2v) is 18.4. The second-order valence-electron chi connectivity index (χ2n) is 17.6. The highest BCUT2D eigenvalue weighted by atomic mass is 31.1. The van der Waals surface area contributed by atoms with Crippen molar-refractivity contribution in [1.82, 2.24) is 0 Å². The van der Waals surface area contributed by atoms with Gasteiger partial charge in [-0.3, -0.25) is 0 Å². The molecule has 0 aromatic carbocycles. The third-order valence-corrected chi connectivity index (χ3v) is 13.9. The minimum absolute atomic E-state index is 0.367. The van der Waals surface area contributed by atoms with Gasteiger partial charge in [-0.1, -0.05) is 236 Å². The minimum Gasteiger partial charge on any atom is -0.112 e. The first-order valence-corrected chi connectivity index (χ1v) is 25.1. The maximum atomic E-state index is 15.0. The average molecular weight is 754 g/mol. The first-order chi connectivity index (χ1) is 25.2. The SMILES string of the molecule is CCCCCCCC(CC(CC)CCCC)(CC(CC)CCCC)O[P+](=O)OC(CCCCCCC)(CC(CC)CCCC)CC(CC)CCCC. The summed E-state index contributed by atoms with van der Waals surface area (Å²) in [5.74, 6) is 2.46. The van der Waals surface area contributed by atoms with Crippen LogP contribution in [0.3, 0.4) is 0 Å². The Morgan fingerprint density at radius 2 is 0.615 bits per heavy atom. The van der Waals surface area contributed by atoms with Gasteiger partial charge in [-0.15, -0.1) is 9.05 Å². The number of hydrogen-bond donors (Lipinski definition) is 0. The van der Waals surface area contributed by atoms with E-state index in [2.05, 4.69) is 69.2 Å². The van der Waals surface area contributed by atoms with E-state index in [1.807, 2.05) is 0 Å². The fraction of sp³-hybridized carbons (Fsp3) is 1.00. The van der Waals surface area contributed by atoms with Crippen LogP contribution in [0.1, 0.15) is 275 Å². The Morgan fingerprint density at radius 1 is 0.365 bits per heavy atom. The summed E-state index contributed by atoms with van der Waals surface area (Å²) in [6.07, 6.45) is 38.5. The molecule has 0 aliphatic heterocycles. The van der Waals surface area contributed by atoms with Crippen molar-refractivity contribution >= 4 is 8.25 Å². The van der Waals surface area contributed by atoms with Crippen molar-refractivity contribution in [3.8, 4) is 0 Å². The van der Waals surface area contributed by atoms with E-state index in [1.165, 1.54) is 167 Å². The Balaban J connectivity index is 6.99. The lowest BCUT2D eigenvalue weighted by molar-refractivity contribution is -0.0421. The quantitative estimate of drug-likeness (QED) is 0.0462. The Morgan fingerprint density at radius 3 is 0.846 bits per heavy atom. The van der Waals surface area contributed by atoms with Crippen molar-refractivity contribution in [2.24, 2.45) is 23.7 Å². The summed E-state index contributed by atoms with van der Waals surface area (Å²) < 4.78 is 29.5. The molecule has 3 nitrogen and oxygen atoms in total. The van der Waals surface area contributed by atoms with E-state index in [4.69, 9.17) is 9.05 Å². The molecule has 0 saturated heterocycles. The van der Waals surface area contributed by atoms with Gasteiger partial charge in [-0.25, -0.2) is 0 Å². The third kappa shape index (κ3) is 24.5. The smallest absolute Gasteiger partial charge is 0.112 e. The fourth-order valence-corrected chi connectivity index (χ4v) is 10.3.